The van der Waals surface area contributed by atoms with Crippen molar-refractivity contribution < 1.29 is 14.3 Å². The first-order valence-corrected chi connectivity index (χ1v) is 4.28. The van der Waals surface area contributed by atoms with Gasteiger partial charge >= 0.3 is 0 Å². The zero-order valence-electron chi connectivity index (χ0n) is 7.92. The largest absolute Gasteiger partial charge is 0.349 e. The van der Waals surface area contributed by atoms with Gasteiger partial charge in [0, 0.05) is 0 Å². The van der Waals surface area contributed by atoms with Crippen LogP contribution in [0.15, 0.2) is 0 Å². The topological polar surface area (TPSA) is 35.5 Å². The van der Waals surface area contributed by atoms with E-state index in [2.05, 4.69) is 0 Å². The SMILES string of the molecule is CCC1(C=O)COC(C)(C)OC1. The molecule has 3 nitrogen and oxygen atoms in total. The molecule has 0 unspecified atom stereocenters. The average molecular weight is 172 g/mol. The second-order valence-corrected chi connectivity index (χ2v) is 3.81. The molecule has 0 atom stereocenters. The zero-order chi connectivity index (χ0) is 9.24. The van der Waals surface area contributed by atoms with Crippen LogP contribution in [0, 0.1) is 5.41 Å². The van der Waals surface area contributed by atoms with E-state index in [1.165, 1.54) is 0 Å². The van der Waals surface area contributed by atoms with Crippen molar-refractivity contribution in [3.63, 3.8) is 0 Å². The Hall–Kier alpha value is -0.410. The highest BCUT2D eigenvalue weighted by atomic mass is 16.7. The highest BCUT2D eigenvalue weighted by molar-refractivity contribution is 5.59. The molecule has 1 aliphatic rings. The maximum absolute atomic E-state index is 10.8. The van der Waals surface area contributed by atoms with Crippen LogP contribution in [0.2, 0.25) is 0 Å². The lowest BCUT2D eigenvalue weighted by atomic mass is 9.88. The number of ether oxygens (including phenoxy) is 2. The van der Waals surface area contributed by atoms with Gasteiger partial charge in [0.1, 0.15) is 6.29 Å². The van der Waals surface area contributed by atoms with E-state index in [0.717, 1.165) is 12.7 Å². The van der Waals surface area contributed by atoms with Crippen molar-refractivity contribution in [1.82, 2.24) is 0 Å². The minimum absolute atomic E-state index is 0.407. The molecule has 0 amide bonds. The molecule has 1 rings (SSSR count). The van der Waals surface area contributed by atoms with Crippen molar-refractivity contribution in [2.24, 2.45) is 5.41 Å². The zero-order valence-corrected chi connectivity index (χ0v) is 7.92. The van der Waals surface area contributed by atoms with E-state index < -0.39 is 11.2 Å². The number of aldehydes is 1. The molecular formula is C9H16O3. The highest BCUT2D eigenvalue weighted by Gasteiger charge is 2.38. The summed E-state index contributed by atoms with van der Waals surface area (Å²) in [5.74, 6) is -0.526. The minimum atomic E-state index is -0.526. The van der Waals surface area contributed by atoms with Gasteiger partial charge in [0.2, 0.25) is 0 Å². The molecule has 0 aromatic carbocycles. The molecule has 1 heterocycles. The molecule has 70 valence electrons. The normalized spacial score (nSPS) is 26.6. The van der Waals surface area contributed by atoms with Crippen LogP contribution in [0.1, 0.15) is 27.2 Å². The van der Waals surface area contributed by atoms with Gasteiger partial charge in [-0.1, -0.05) is 6.92 Å². The number of hydrogen-bond donors (Lipinski definition) is 0. The maximum atomic E-state index is 10.8. The Labute approximate surface area is 73.0 Å². The third kappa shape index (κ3) is 1.84. The van der Waals surface area contributed by atoms with Gasteiger partial charge in [0.05, 0.1) is 18.6 Å². The third-order valence-electron chi connectivity index (χ3n) is 2.37. The van der Waals surface area contributed by atoms with E-state index in [9.17, 15) is 4.79 Å². The van der Waals surface area contributed by atoms with Crippen LogP contribution in [-0.2, 0) is 14.3 Å². The van der Waals surface area contributed by atoms with Crippen LogP contribution in [0.25, 0.3) is 0 Å². The average Bonchev–Trinajstić information content (AvgIpc) is 2.06. The second-order valence-electron chi connectivity index (χ2n) is 3.81. The molecule has 1 aliphatic heterocycles. The van der Waals surface area contributed by atoms with E-state index in [4.69, 9.17) is 9.47 Å². The molecule has 0 spiro atoms. The molecule has 0 bridgehead atoms. The van der Waals surface area contributed by atoms with Crippen LogP contribution in [0.3, 0.4) is 0 Å². The van der Waals surface area contributed by atoms with E-state index in [-0.39, 0.29) is 0 Å². The Kier molecular flexibility index (Phi) is 2.54. The first-order valence-electron chi connectivity index (χ1n) is 4.28. The first kappa shape index (κ1) is 9.68. The molecule has 0 saturated carbocycles. The first-order chi connectivity index (χ1) is 5.54. The van der Waals surface area contributed by atoms with Gasteiger partial charge in [-0.25, -0.2) is 0 Å². The summed E-state index contributed by atoms with van der Waals surface area (Å²) in [4.78, 5) is 10.8. The van der Waals surface area contributed by atoms with Gasteiger partial charge in [-0.15, -0.1) is 0 Å². The fraction of sp³-hybridized carbons (Fsp3) is 0.889. The molecule has 0 N–H and O–H groups in total. The van der Waals surface area contributed by atoms with Crippen LogP contribution in [0.4, 0.5) is 0 Å². The summed E-state index contributed by atoms with van der Waals surface area (Å²) in [5, 5.41) is 0. The monoisotopic (exact) mass is 172 g/mol. The quantitative estimate of drug-likeness (QED) is 0.590. The molecule has 1 fully saturated rings. The molecule has 0 aromatic rings. The van der Waals surface area contributed by atoms with Crippen LogP contribution in [0.5, 0.6) is 0 Å². The summed E-state index contributed by atoms with van der Waals surface area (Å²) < 4.78 is 10.8. The van der Waals surface area contributed by atoms with E-state index in [0.29, 0.717) is 13.2 Å². The number of hydrogen-bond acceptors (Lipinski definition) is 3. The summed E-state index contributed by atoms with van der Waals surface area (Å²) >= 11 is 0. The van der Waals surface area contributed by atoms with Crippen LogP contribution in [-0.4, -0.2) is 25.3 Å². The smallest absolute Gasteiger partial charge is 0.162 e. The van der Waals surface area contributed by atoms with Crippen molar-refractivity contribution >= 4 is 6.29 Å². The van der Waals surface area contributed by atoms with Crippen molar-refractivity contribution in [2.75, 3.05) is 13.2 Å². The van der Waals surface area contributed by atoms with E-state index in [1.807, 2.05) is 20.8 Å². The van der Waals surface area contributed by atoms with Gasteiger partial charge in [-0.3, -0.25) is 0 Å². The van der Waals surface area contributed by atoms with E-state index in [1.54, 1.807) is 0 Å². The predicted octanol–water partition coefficient (Wildman–Crippen LogP) is 1.36. The summed E-state index contributed by atoms with van der Waals surface area (Å²) in [7, 11) is 0. The molecule has 0 radical (unpaired) electrons. The third-order valence-corrected chi connectivity index (χ3v) is 2.37. The van der Waals surface area contributed by atoms with Gasteiger partial charge < -0.3 is 14.3 Å². The Balaban J connectivity index is 2.59. The summed E-state index contributed by atoms with van der Waals surface area (Å²) in [6.07, 6.45) is 1.72. The predicted molar refractivity (Wildman–Crippen MR) is 44.8 cm³/mol. The summed E-state index contributed by atoms with van der Waals surface area (Å²) in [6.45, 7) is 6.63. The standard InChI is InChI=1S/C9H16O3/c1-4-9(5-10)6-11-8(2,3)12-7-9/h5H,4,6-7H2,1-3H3. The molecule has 3 heteroatoms. The lowest BCUT2D eigenvalue weighted by molar-refractivity contribution is -0.277. The van der Waals surface area contributed by atoms with Crippen molar-refractivity contribution in [3.8, 4) is 0 Å². The minimum Gasteiger partial charge on any atom is -0.349 e. The number of carbonyl (C=O) groups excluding carboxylic acids is 1. The fourth-order valence-electron chi connectivity index (χ4n) is 1.07. The molecule has 1 saturated heterocycles. The van der Waals surface area contributed by atoms with Gasteiger partial charge in [0.25, 0.3) is 0 Å². The lowest BCUT2D eigenvalue weighted by Crippen LogP contribution is -2.47. The summed E-state index contributed by atoms with van der Waals surface area (Å²) in [5.41, 5.74) is -0.407. The Morgan fingerprint density at radius 3 is 2.17 bits per heavy atom. The Morgan fingerprint density at radius 1 is 1.33 bits per heavy atom. The van der Waals surface area contributed by atoms with Crippen molar-refractivity contribution in [1.29, 1.82) is 0 Å². The number of carbonyl (C=O) groups is 1. The van der Waals surface area contributed by atoms with Crippen LogP contribution >= 0.6 is 0 Å². The fourth-order valence-corrected chi connectivity index (χ4v) is 1.07. The van der Waals surface area contributed by atoms with Crippen LogP contribution < -0.4 is 0 Å². The molecule has 0 aliphatic carbocycles. The maximum Gasteiger partial charge on any atom is 0.162 e. The molecular weight excluding hydrogens is 156 g/mol. The van der Waals surface area contributed by atoms with Gasteiger partial charge in [-0.05, 0) is 20.3 Å². The lowest BCUT2D eigenvalue weighted by Gasteiger charge is -2.39. The van der Waals surface area contributed by atoms with E-state index >= 15 is 0 Å². The Bertz CT molecular complexity index is 165. The number of rotatable bonds is 2. The van der Waals surface area contributed by atoms with Gasteiger partial charge in [-0.2, -0.15) is 0 Å². The molecule has 12 heavy (non-hydrogen) atoms. The van der Waals surface area contributed by atoms with Gasteiger partial charge in [0.15, 0.2) is 5.79 Å². The van der Waals surface area contributed by atoms with Crippen molar-refractivity contribution in [2.45, 2.75) is 33.0 Å². The highest BCUT2D eigenvalue weighted by Crippen LogP contribution is 2.30. The Morgan fingerprint density at radius 2 is 1.83 bits per heavy atom. The second kappa shape index (κ2) is 3.15. The summed E-state index contributed by atoms with van der Waals surface area (Å²) in [6, 6.07) is 0. The molecule has 0 aromatic heterocycles. The van der Waals surface area contributed by atoms with Crippen molar-refractivity contribution in [3.05, 3.63) is 0 Å².